The van der Waals surface area contributed by atoms with Gasteiger partial charge in [-0.3, -0.25) is 11.3 Å². The Morgan fingerprint density at radius 2 is 2.31 bits per heavy atom. The molecular weight excluding hydrogens is 275 g/mol. The second kappa shape index (κ2) is 6.96. The fourth-order valence-electron chi connectivity index (χ4n) is 1.54. The molecule has 0 aliphatic carbocycles. The largest absolute Gasteiger partial charge is 0.385 e. The lowest BCUT2D eigenvalue weighted by molar-refractivity contribution is 0.188. The van der Waals surface area contributed by atoms with Gasteiger partial charge in [0, 0.05) is 29.8 Å². The van der Waals surface area contributed by atoms with Gasteiger partial charge in [-0.2, -0.15) is 0 Å². The predicted octanol–water partition coefficient (Wildman–Crippen LogP) is 2.52. The third-order valence-electron chi connectivity index (χ3n) is 2.38. The van der Waals surface area contributed by atoms with Crippen molar-refractivity contribution in [2.24, 2.45) is 5.84 Å². The first-order chi connectivity index (χ1) is 7.69. The van der Waals surface area contributed by atoms with Crippen molar-refractivity contribution >= 4 is 15.9 Å². The smallest absolute Gasteiger partial charge is 0.128 e. The SMILES string of the molecule is COCCCC(NN)c1cc(Br)ccc1F. The summed E-state index contributed by atoms with van der Waals surface area (Å²) in [5.41, 5.74) is 3.21. The van der Waals surface area contributed by atoms with E-state index in [2.05, 4.69) is 21.4 Å². The van der Waals surface area contributed by atoms with Crippen molar-refractivity contribution in [2.45, 2.75) is 18.9 Å². The predicted molar refractivity (Wildman–Crippen MR) is 65.3 cm³/mol. The minimum absolute atomic E-state index is 0.187. The third-order valence-corrected chi connectivity index (χ3v) is 2.87. The fraction of sp³-hybridized carbons (Fsp3) is 0.455. The number of rotatable bonds is 6. The van der Waals surface area contributed by atoms with Gasteiger partial charge in [0.15, 0.2) is 0 Å². The maximum absolute atomic E-state index is 13.6. The van der Waals surface area contributed by atoms with Gasteiger partial charge in [0.25, 0.3) is 0 Å². The number of nitrogens with two attached hydrogens (primary N) is 1. The lowest BCUT2D eigenvalue weighted by atomic mass is 10.0. The lowest BCUT2D eigenvalue weighted by Gasteiger charge is -2.17. The molecular formula is C11H16BrFN2O. The van der Waals surface area contributed by atoms with E-state index in [4.69, 9.17) is 10.6 Å². The summed E-state index contributed by atoms with van der Waals surface area (Å²) >= 11 is 3.32. The molecule has 0 saturated heterocycles. The summed E-state index contributed by atoms with van der Waals surface area (Å²) in [5.74, 6) is 5.19. The standard InChI is InChI=1S/C11H16BrFN2O/c1-16-6-2-3-11(15-14)9-7-8(12)4-5-10(9)13/h4-5,7,11,15H,2-3,6,14H2,1H3. The Hall–Kier alpha value is -0.490. The van der Waals surface area contributed by atoms with Gasteiger partial charge < -0.3 is 4.74 Å². The maximum atomic E-state index is 13.6. The molecule has 5 heteroatoms. The number of nitrogens with one attached hydrogen (secondary N) is 1. The van der Waals surface area contributed by atoms with E-state index in [0.717, 1.165) is 17.3 Å². The topological polar surface area (TPSA) is 47.3 Å². The Morgan fingerprint density at radius 1 is 1.56 bits per heavy atom. The molecule has 3 N–H and O–H groups in total. The number of hydrazine groups is 1. The summed E-state index contributed by atoms with van der Waals surface area (Å²) in [6.07, 6.45) is 1.56. The molecule has 90 valence electrons. The molecule has 1 aromatic rings. The highest BCUT2D eigenvalue weighted by molar-refractivity contribution is 9.10. The van der Waals surface area contributed by atoms with Crippen molar-refractivity contribution in [1.82, 2.24) is 5.43 Å². The highest BCUT2D eigenvalue weighted by Crippen LogP contribution is 2.24. The monoisotopic (exact) mass is 290 g/mol. The first kappa shape index (κ1) is 13.6. The number of hydrogen-bond acceptors (Lipinski definition) is 3. The van der Waals surface area contributed by atoms with Crippen LogP contribution in [-0.4, -0.2) is 13.7 Å². The molecule has 0 fully saturated rings. The molecule has 3 nitrogen and oxygen atoms in total. The summed E-state index contributed by atoms with van der Waals surface area (Å²) in [6, 6.07) is 4.65. The molecule has 1 aromatic carbocycles. The molecule has 0 saturated carbocycles. The average molecular weight is 291 g/mol. The van der Waals surface area contributed by atoms with Crippen molar-refractivity contribution in [3.05, 3.63) is 34.1 Å². The molecule has 0 bridgehead atoms. The van der Waals surface area contributed by atoms with Crippen molar-refractivity contribution < 1.29 is 9.13 Å². The van der Waals surface area contributed by atoms with E-state index in [0.29, 0.717) is 12.2 Å². The maximum Gasteiger partial charge on any atom is 0.128 e. The van der Waals surface area contributed by atoms with Crippen LogP contribution in [0.3, 0.4) is 0 Å². The van der Waals surface area contributed by atoms with Gasteiger partial charge in [-0.25, -0.2) is 4.39 Å². The number of methoxy groups -OCH3 is 1. The van der Waals surface area contributed by atoms with E-state index in [1.807, 2.05) is 0 Å². The lowest BCUT2D eigenvalue weighted by Crippen LogP contribution is -2.29. The normalized spacial score (nSPS) is 12.8. The molecule has 0 radical (unpaired) electrons. The highest BCUT2D eigenvalue weighted by atomic mass is 79.9. The molecule has 1 unspecified atom stereocenters. The van der Waals surface area contributed by atoms with Gasteiger partial charge in [0.1, 0.15) is 5.82 Å². The van der Waals surface area contributed by atoms with E-state index in [1.54, 1.807) is 19.2 Å². The summed E-state index contributed by atoms with van der Waals surface area (Å²) in [6.45, 7) is 0.647. The first-order valence-electron chi connectivity index (χ1n) is 5.09. The van der Waals surface area contributed by atoms with Crippen LogP contribution in [0.25, 0.3) is 0 Å². The number of benzene rings is 1. The zero-order chi connectivity index (χ0) is 12.0. The van der Waals surface area contributed by atoms with Gasteiger partial charge in [0.05, 0.1) is 0 Å². The molecule has 1 rings (SSSR count). The van der Waals surface area contributed by atoms with Crippen molar-refractivity contribution in [3.63, 3.8) is 0 Å². The Labute approximate surface area is 103 Å². The summed E-state index contributed by atoms with van der Waals surface area (Å²) in [7, 11) is 1.64. The van der Waals surface area contributed by atoms with Gasteiger partial charge in [-0.15, -0.1) is 0 Å². The number of ether oxygens (including phenoxy) is 1. The molecule has 0 heterocycles. The second-order valence-electron chi connectivity index (χ2n) is 3.52. The molecule has 16 heavy (non-hydrogen) atoms. The van der Waals surface area contributed by atoms with Gasteiger partial charge in [0.2, 0.25) is 0 Å². The van der Waals surface area contributed by atoms with Crippen molar-refractivity contribution in [3.8, 4) is 0 Å². The number of hydrogen-bond donors (Lipinski definition) is 2. The molecule has 0 amide bonds. The van der Waals surface area contributed by atoms with Gasteiger partial charge >= 0.3 is 0 Å². The minimum Gasteiger partial charge on any atom is -0.385 e. The molecule has 1 atom stereocenters. The summed E-state index contributed by atoms with van der Waals surface area (Å²) < 4.78 is 19.4. The van der Waals surface area contributed by atoms with Crippen LogP contribution in [0.15, 0.2) is 22.7 Å². The van der Waals surface area contributed by atoms with E-state index < -0.39 is 0 Å². The van der Waals surface area contributed by atoms with Crippen LogP contribution in [0.4, 0.5) is 4.39 Å². The van der Waals surface area contributed by atoms with Crippen molar-refractivity contribution in [1.29, 1.82) is 0 Å². The highest BCUT2D eigenvalue weighted by Gasteiger charge is 2.14. The quantitative estimate of drug-likeness (QED) is 0.481. The summed E-state index contributed by atoms with van der Waals surface area (Å²) in [4.78, 5) is 0. The molecule has 0 aromatic heterocycles. The van der Waals surface area contributed by atoms with Gasteiger partial charge in [-0.1, -0.05) is 15.9 Å². The van der Waals surface area contributed by atoms with Crippen LogP contribution in [-0.2, 0) is 4.74 Å². The van der Waals surface area contributed by atoms with Crippen LogP contribution in [0.2, 0.25) is 0 Å². The average Bonchev–Trinajstić information content (AvgIpc) is 2.28. The third kappa shape index (κ3) is 3.83. The van der Waals surface area contributed by atoms with E-state index in [9.17, 15) is 4.39 Å². The number of halogens is 2. The van der Waals surface area contributed by atoms with Gasteiger partial charge in [-0.05, 0) is 31.0 Å². The Kier molecular flexibility index (Phi) is 5.90. The van der Waals surface area contributed by atoms with Crippen LogP contribution in [0.5, 0.6) is 0 Å². The van der Waals surface area contributed by atoms with E-state index in [-0.39, 0.29) is 11.9 Å². The van der Waals surface area contributed by atoms with E-state index in [1.165, 1.54) is 6.07 Å². The zero-order valence-electron chi connectivity index (χ0n) is 9.17. The van der Waals surface area contributed by atoms with Crippen LogP contribution in [0.1, 0.15) is 24.4 Å². The van der Waals surface area contributed by atoms with Crippen LogP contribution >= 0.6 is 15.9 Å². The van der Waals surface area contributed by atoms with E-state index >= 15 is 0 Å². The summed E-state index contributed by atoms with van der Waals surface area (Å²) in [5, 5.41) is 0. The molecule has 0 spiro atoms. The molecule has 0 aliphatic rings. The molecule has 0 aliphatic heterocycles. The van der Waals surface area contributed by atoms with Crippen LogP contribution < -0.4 is 11.3 Å². The Bertz CT molecular complexity index is 336. The second-order valence-corrected chi connectivity index (χ2v) is 4.44. The Morgan fingerprint density at radius 3 is 2.94 bits per heavy atom. The first-order valence-corrected chi connectivity index (χ1v) is 5.88. The minimum atomic E-state index is -0.247. The van der Waals surface area contributed by atoms with Crippen molar-refractivity contribution in [2.75, 3.05) is 13.7 Å². The van der Waals surface area contributed by atoms with Crippen LogP contribution in [0, 0.1) is 5.82 Å². The zero-order valence-corrected chi connectivity index (χ0v) is 10.8. The Balaban J connectivity index is 2.73. The fourth-order valence-corrected chi connectivity index (χ4v) is 1.92.